The van der Waals surface area contributed by atoms with Crippen LogP contribution in [0.25, 0.3) is 0 Å². The molecule has 1 unspecified atom stereocenters. The summed E-state index contributed by atoms with van der Waals surface area (Å²) >= 11 is 0. The molecule has 0 aromatic rings. The summed E-state index contributed by atoms with van der Waals surface area (Å²) in [5.41, 5.74) is 0. The highest BCUT2D eigenvalue weighted by Crippen LogP contribution is 2.26. The molecule has 0 heterocycles. The fourth-order valence-corrected chi connectivity index (χ4v) is 2.30. The second-order valence-corrected chi connectivity index (χ2v) is 6.22. The Morgan fingerprint density at radius 1 is 0.667 bits per heavy atom. The minimum absolute atomic E-state index is 0.102. The highest BCUT2D eigenvalue weighted by atomic mass is 16.3. The zero-order chi connectivity index (χ0) is 12.0. The molecule has 1 atom stereocenters. The van der Waals surface area contributed by atoms with Gasteiger partial charge in [-0.05, 0) is 42.9 Å². The van der Waals surface area contributed by atoms with Crippen LogP contribution in [-0.4, -0.2) is 11.2 Å². The molecule has 0 fully saturated rings. The molecule has 0 aliphatic carbocycles. The summed E-state index contributed by atoms with van der Waals surface area (Å²) in [6.07, 6.45) is 3.16. The van der Waals surface area contributed by atoms with Gasteiger partial charge in [0.2, 0.25) is 0 Å². The lowest BCUT2D eigenvalue weighted by Crippen LogP contribution is -2.25. The van der Waals surface area contributed by atoms with E-state index in [0.29, 0.717) is 23.7 Å². The van der Waals surface area contributed by atoms with Gasteiger partial charge in [0.1, 0.15) is 0 Å². The molecule has 15 heavy (non-hydrogen) atoms. The van der Waals surface area contributed by atoms with Crippen LogP contribution in [0.1, 0.15) is 60.8 Å². The van der Waals surface area contributed by atoms with E-state index in [0.717, 1.165) is 19.3 Å². The lowest BCUT2D eigenvalue weighted by molar-refractivity contribution is 0.0640. The van der Waals surface area contributed by atoms with E-state index in [1.54, 1.807) is 0 Å². The van der Waals surface area contributed by atoms with Crippen molar-refractivity contribution in [1.29, 1.82) is 0 Å². The Morgan fingerprint density at radius 3 is 1.27 bits per heavy atom. The van der Waals surface area contributed by atoms with Crippen LogP contribution in [0.4, 0.5) is 0 Å². The van der Waals surface area contributed by atoms with Crippen LogP contribution in [0.2, 0.25) is 0 Å². The number of hydrogen-bond acceptors (Lipinski definition) is 1. The summed E-state index contributed by atoms with van der Waals surface area (Å²) in [5.74, 6) is 2.47. The SMILES string of the molecule is CC(C)CC(O)C(CC(C)C)CC(C)C. The highest BCUT2D eigenvalue weighted by molar-refractivity contribution is 4.73. The van der Waals surface area contributed by atoms with E-state index in [1.807, 2.05) is 0 Å². The zero-order valence-electron chi connectivity index (χ0n) is 11.5. The molecule has 0 amide bonds. The van der Waals surface area contributed by atoms with Crippen LogP contribution < -0.4 is 0 Å². The average molecular weight is 214 g/mol. The minimum atomic E-state index is -0.102. The first-order valence-corrected chi connectivity index (χ1v) is 6.51. The third kappa shape index (κ3) is 7.84. The fourth-order valence-electron chi connectivity index (χ4n) is 2.30. The number of aliphatic hydroxyl groups excluding tert-OH is 1. The fraction of sp³-hybridized carbons (Fsp3) is 1.00. The average Bonchev–Trinajstić information content (AvgIpc) is 1.99. The topological polar surface area (TPSA) is 20.2 Å². The Bertz CT molecular complexity index is 139. The molecular formula is C14H30O. The normalized spacial score (nSPS) is 14.6. The van der Waals surface area contributed by atoms with Gasteiger partial charge in [0, 0.05) is 0 Å². The van der Waals surface area contributed by atoms with Gasteiger partial charge in [0.05, 0.1) is 6.10 Å². The number of hydrogen-bond donors (Lipinski definition) is 1. The molecule has 0 saturated carbocycles. The first-order valence-electron chi connectivity index (χ1n) is 6.51. The van der Waals surface area contributed by atoms with Gasteiger partial charge in [-0.3, -0.25) is 0 Å². The Balaban J connectivity index is 4.20. The van der Waals surface area contributed by atoms with Crippen LogP contribution in [0.5, 0.6) is 0 Å². The second kappa shape index (κ2) is 7.27. The second-order valence-electron chi connectivity index (χ2n) is 6.22. The molecule has 0 saturated heterocycles. The van der Waals surface area contributed by atoms with Crippen molar-refractivity contribution in [2.75, 3.05) is 0 Å². The standard InChI is InChI=1S/C14H30O/c1-10(2)7-13(8-11(3)4)14(15)9-12(5)6/h10-15H,7-9H2,1-6H3. The van der Waals surface area contributed by atoms with Crippen molar-refractivity contribution in [3.63, 3.8) is 0 Å². The zero-order valence-corrected chi connectivity index (χ0v) is 11.5. The van der Waals surface area contributed by atoms with Crippen LogP contribution in [0.15, 0.2) is 0 Å². The van der Waals surface area contributed by atoms with Crippen molar-refractivity contribution in [1.82, 2.24) is 0 Å². The lowest BCUT2D eigenvalue weighted by Gasteiger charge is -2.27. The van der Waals surface area contributed by atoms with Crippen LogP contribution in [-0.2, 0) is 0 Å². The molecule has 0 spiro atoms. The molecule has 0 rings (SSSR count). The summed E-state index contributed by atoms with van der Waals surface area (Å²) in [4.78, 5) is 0. The molecule has 1 nitrogen and oxygen atoms in total. The molecule has 0 aromatic carbocycles. The number of rotatable bonds is 7. The van der Waals surface area contributed by atoms with Crippen molar-refractivity contribution < 1.29 is 5.11 Å². The van der Waals surface area contributed by atoms with E-state index in [4.69, 9.17) is 0 Å². The van der Waals surface area contributed by atoms with Crippen molar-refractivity contribution in [3.8, 4) is 0 Å². The minimum Gasteiger partial charge on any atom is -0.393 e. The van der Waals surface area contributed by atoms with Crippen molar-refractivity contribution in [2.45, 2.75) is 66.9 Å². The molecule has 0 aromatic heterocycles. The highest BCUT2D eigenvalue weighted by Gasteiger charge is 2.22. The molecule has 0 bridgehead atoms. The third-order valence-electron chi connectivity index (χ3n) is 2.81. The summed E-state index contributed by atoms with van der Waals surface area (Å²) in [5, 5.41) is 10.2. The van der Waals surface area contributed by atoms with Crippen LogP contribution >= 0.6 is 0 Å². The summed E-state index contributed by atoms with van der Waals surface area (Å²) in [6.45, 7) is 13.4. The Kier molecular flexibility index (Phi) is 7.25. The molecule has 1 N–H and O–H groups in total. The molecule has 0 radical (unpaired) electrons. The predicted molar refractivity (Wildman–Crippen MR) is 67.9 cm³/mol. The van der Waals surface area contributed by atoms with E-state index in [1.165, 1.54) is 0 Å². The van der Waals surface area contributed by atoms with Crippen LogP contribution in [0, 0.1) is 23.7 Å². The summed E-state index contributed by atoms with van der Waals surface area (Å²) in [7, 11) is 0. The maximum atomic E-state index is 10.2. The van der Waals surface area contributed by atoms with Gasteiger partial charge < -0.3 is 5.11 Å². The van der Waals surface area contributed by atoms with Gasteiger partial charge in [-0.2, -0.15) is 0 Å². The number of aliphatic hydroxyl groups is 1. The van der Waals surface area contributed by atoms with Gasteiger partial charge in [-0.25, -0.2) is 0 Å². The molecule has 0 aliphatic heterocycles. The van der Waals surface area contributed by atoms with Crippen molar-refractivity contribution in [3.05, 3.63) is 0 Å². The third-order valence-corrected chi connectivity index (χ3v) is 2.81. The van der Waals surface area contributed by atoms with Gasteiger partial charge in [-0.15, -0.1) is 0 Å². The van der Waals surface area contributed by atoms with Crippen molar-refractivity contribution in [2.24, 2.45) is 23.7 Å². The summed E-state index contributed by atoms with van der Waals surface area (Å²) in [6, 6.07) is 0. The predicted octanol–water partition coefficient (Wildman–Crippen LogP) is 4.10. The van der Waals surface area contributed by atoms with Crippen molar-refractivity contribution >= 4 is 0 Å². The van der Waals surface area contributed by atoms with Gasteiger partial charge >= 0.3 is 0 Å². The smallest absolute Gasteiger partial charge is 0.0571 e. The van der Waals surface area contributed by atoms with Crippen LogP contribution in [0.3, 0.4) is 0 Å². The molecule has 0 aliphatic rings. The Hall–Kier alpha value is -0.0400. The first kappa shape index (κ1) is 15.0. The Labute approximate surface area is 96.3 Å². The monoisotopic (exact) mass is 214 g/mol. The van der Waals surface area contributed by atoms with E-state index >= 15 is 0 Å². The van der Waals surface area contributed by atoms with E-state index < -0.39 is 0 Å². The molecular weight excluding hydrogens is 184 g/mol. The lowest BCUT2D eigenvalue weighted by atomic mass is 9.82. The Morgan fingerprint density at radius 2 is 1.00 bits per heavy atom. The van der Waals surface area contributed by atoms with E-state index in [2.05, 4.69) is 41.5 Å². The summed E-state index contributed by atoms with van der Waals surface area (Å²) < 4.78 is 0. The molecule has 92 valence electrons. The first-order chi connectivity index (χ1) is 6.82. The van der Waals surface area contributed by atoms with Gasteiger partial charge in [0.15, 0.2) is 0 Å². The van der Waals surface area contributed by atoms with Gasteiger partial charge in [-0.1, -0.05) is 41.5 Å². The van der Waals surface area contributed by atoms with Gasteiger partial charge in [0.25, 0.3) is 0 Å². The maximum absolute atomic E-state index is 10.2. The quantitative estimate of drug-likeness (QED) is 0.676. The van der Waals surface area contributed by atoms with E-state index in [9.17, 15) is 5.11 Å². The molecule has 1 heteroatoms. The maximum Gasteiger partial charge on any atom is 0.0571 e. The largest absolute Gasteiger partial charge is 0.393 e. The van der Waals surface area contributed by atoms with E-state index in [-0.39, 0.29) is 6.10 Å².